The average Bonchev–Trinajstić information content (AvgIpc) is 3.58. The fourth-order valence-electron chi connectivity index (χ4n) is 3.37. The van der Waals surface area contributed by atoms with Crippen LogP contribution in [-0.4, -0.2) is 25.4 Å². The fourth-order valence-corrected chi connectivity index (χ4v) is 3.86. The second kappa shape index (κ2) is 8.60. The van der Waals surface area contributed by atoms with Gasteiger partial charge in [0.1, 0.15) is 11.6 Å². The highest BCUT2D eigenvalue weighted by atomic mass is 32.2. The van der Waals surface area contributed by atoms with E-state index < -0.39 is 10.2 Å². The maximum atomic E-state index is 14.6. The minimum Gasteiger partial charge on any atom is -0.352 e. The van der Waals surface area contributed by atoms with Gasteiger partial charge in [0.05, 0.1) is 17.6 Å². The van der Waals surface area contributed by atoms with E-state index >= 15 is 0 Å². The van der Waals surface area contributed by atoms with Crippen molar-refractivity contribution in [3.63, 3.8) is 0 Å². The van der Waals surface area contributed by atoms with E-state index in [9.17, 15) is 12.8 Å². The number of benzene rings is 1. The van der Waals surface area contributed by atoms with E-state index in [4.69, 9.17) is 0 Å². The molecule has 0 aliphatic heterocycles. The molecule has 31 heavy (non-hydrogen) atoms. The number of hydrogen-bond acceptors (Lipinski definition) is 5. The molecule has 2 aromatic heterocycles. The summed E-state index contributed by atoms with van der Waals surface area (Å²) >= 11 is 0. The largest absolute Gasteiger partial charge is 0.352 e. The first kappa shape index (κ1) is 21.2. The van der Waals surface area contributed by atoms with Crippen LogP contribution in [-0.2, 0) is 16.6 Å². The van der Waals surface area contributed by atoms with Crippen molar-refractivity contribution >= 4 is 27.4 Å². The Morgan fingerprint density at radius 1 is 1.13 bits per heavy atom. The lowest BCUT2D eigenvalue weighted by Crippen LogP contribution is -2.26. The van der Waals surface area contributed by atoms with E-state index in [-0.39, 0.29) is 11.6 Å². The van der Waals surface area contributed by atoms with Crippen molar-refractivity contribution in [2.24, 2.45) is 0 Å². The summed E-state index contributed by atoms with van der Waals surface area (Å²) < 4.78 is 42.5. The van der Waals surface area contributed by atoms with Crippen LogP contribution in [0.5, 0.6) is 0 Å². The van der Waals surface area contributed by atoms with Crippen molar-refractivity contribution in [3.8, 4) is 0 Å². The van der Waals surface area contributed by atoms with Crippen LogP contribution in [0.3, 0.4) is 0 Å². The van der Waals surface area contributed by atoms with Crippen LogP contribution in [0.2, 0.25) is 0 Å². The van der Waals surface area contributed by atoms with Crippen LogP contribution >= 0.6 is 0 Å². The molecule has 1 saturated carbocycles. The highest BCUT2D eigenvalue weighted by Crippen LogP contribution is 2.41. The van der Waals surface area contributed by atoms with E-state index in [1.807, 2.05) is 19.1 Å². The van der Waals surface area contributed by atoms with Crippen LogP contribution in [0, 0.1) is 12.7 Å². The summed E-state index contributed by atoms with van der Waals surface area (Å²) in [6.07, 6.45) is 7.75. The van der Waals surface area contributed by atoms with Crippen molar-refractivity contribution in [2.45, 2.75) is 32.1 Å². The second-order valence-electron chi connectivity index (χ2n) is 7.65. The fraction of sp³-hybridized carbons (Fsp3) is 0.273. The first-order valence-electron chi connectivity index (χ1n) is 10.0. The number of rotatable bonds is 8. The Hall–Kier alpha value is -3.04. The third-order valence-electron chi connectivity index (χ3n) is 5.36. The quantitative estimate of drug-likeness (QED) is 0.491. The van der Waals surface area contributed by atoms with E-state index in [0.717, 1.165) is 40.8 Å². The molecule has 0 atom stereocenters. The minimum atomic E-state index is -3.64. The zero-order valence-electron chi connectivity index (χ0n) is 17.3. The van der Waals surface area contributed by atoms with Gasteiger partial charge in [-0.15, -0.1) is 0 Å². The normalized spacial score (nSPS) is 13.8. The zero-order valence-corrected chi connectivity index (χ0v) is 18.1. The summed E-state index contributed by atoms with van der Waals surface area (Å²) in [6, 6.07) is 8.84. The van der Waals surface area contributed by atoms with Crippen LogP contribution in [0.25, 0.3) is 0 Å². The first-order valence-corrected chi connectivity index (χ1v) is 11.5. The summed E-state index contributed by atoms with van der Waals surface area (Å²) in [5.74, 6) is 0.451. The molecular formula is C22H24FN5O2S. The Morgan fingerprint density at radius 3 is 2.65 bits per heavy atom. The van der Waals surface area contributed by atoms with Gasteiger partial charge < -0.3 is 5.32 Å². The van der Waals surface area contributed by atoms with Crippen LogP contribution in [0.15, 0.2) is 48.9 Å². The number of hydrogen-bond donors (Lipinski definition) is 3. The summed E-state index contributed by atoms with van der Waals surface area (Å²) in [7, 11) is -2.32. The molecule has 0 unspecified atom stereocenters. The van der Waals surface area contributed by atoms with Crippen molar-refractivity contribution in [1.29, 1.82) is 0 Å². The van der Waals surface area contributed by atoms with Crippen molar-refractivity contribution in [2.75, 3.05) is 17.1 Å². The van der Waals surface area contributed by atoms with Gasteiger partial charge in [-0.05, 0) is 78.6 Å². The van der Waals surface area contributed by atoms with E-state index in [1.54, 1.807) is 36.8 Å². The predicted molar refractivity (Wildman–Crippen MR) is 119 cm³/mol. The lowest BCUT2D eigenvalue weighted by Gasteiger charge is -2.14. The number of pyridine rings is 2. The maximum absolute atomic E-state index is 14.6. The molecule has 0 radical (unpaired) electrons. The number of halogens is 1. The molecule has 3 aromatic rings. The lowest BCUT2D eigenvalue weighted by atomic mass is 10.0. The standard InChI is InChI=1S/C22H24FN5O2S/c1-14-18(9-15-7-8-26-22(10-15)28-31(29,30)24-2)12-25-13-21(14)27-20-6-5-17(11-19(20)23)16-3-4-16/h5-8,10-13,16,24,27H,3-4,9H2,1-2H3,(H,26,28). The Bertz CT molecular complexity index is 1210. The molecule has 3 N–H and O–H groups in total. The van der Waals surface area contributed by atoms with Gasteiger partial charge in [-0.2, -0.15) is 8.42 Å². The van der Waals surface area contributed by atoms with Crippen molar-refractivity contribution in [1.82, 2.24) is 14.7 Å². The smallest absolute Gasteiger partial charge is 0.300 e. The van der Waals surface area contributed by atoms with Crippen molar-refractivity contribution < 1.29 is 12.8 Å². The Morgan fingerprint density at radius 2 is 1.94 bits per heavy atom. The molecule has 1 aliphatic carbocycles. The van der Waals surface area contributed by atoms with Crippen LogP contribution < -0.4 is 14.8 Å². The molecule has 0 spiro atoms. The van der Waals surface area contributed by atoms with Gasteiger partial charge in [0.25, 0.3) is 10.2 Å². The third-order valence-corrected chi connectivity index (χ3v) is 6.37. The number of nitrogens with one attached hydrogen (secondary N) is 3. The zero-order chi connectivity index (χ0) is 22.0. The van der Waals surface area contributed by atoms with Gasteiger partial charge >= 0.3 is 0 Å². The molecule has 162 valence electrons. The minimum absolute atomic E-state index is 0.226. The summed E-state index contributed by atoms with van der Waals surface area (Å²) in [5, 5.41) is 3.15. The van der Waals surface area contributed by atoms with Gasteiger partial charge in [-0.1, -0.05) is 6.07 Å². The predicted octanol–water partition coefficient (Wildman–Crippen LogP) is 4.01. The average molecular weight is 442 g/mol. The summed E-state index contributed by atoms with van der Waals surface area (Å²) in [4.78, 5) is 8.34. The van der Waals surface area contributed by atoms with Gasteiger partial charge in [-0.3, -0.25) is 9.71 Å². The van der Waals surface area contributed by atoms with Gasteiger partial charge in [-0.25, -0.2) is 14.1 Å². The van der Waals surface area contributed by atoms with Crippen LogP contribution in [0.1, 0.15) is 41.0 Å². The molecular weight excluding hydrogens is 417 g/mol. The van der Waals surface area contributed by atoms with E-state index in [1.165, 1.54) is 7.05 Å². The van der Waals surface area contributed by atoms with Gasteiger partial charge in [0, 0.05) is 19.4 Å². The van der Waals surface area contributed by atoms with Gasteiger partial charge in [0.15, 0.2) is 0 Å². The van der Waals surface area contributed by atoms with Crippen molar-refractivity contribution in [3.05, 3.63) is 77.0 Å². The maximum Gasteiger partial charge on any atom is 0.300 e. The SMILES string of the molecule is CNS(=O)(=O)Nc1cc(Cc2cncc(Nc3ccc(C4CC4)cc3F)c2C)ccn1. The molecule has 1 aliphatic rings. The Labute approximate surface area is 181 Å². The third kappa shape index (κ3) is 5.18. The number of aromatic nitrogens is 2. The second-order valence-corrected chi connectivity index (χ2v) is 9.26. The first-order chi connectivity index (χ1) is 14.8. The Balaban J connectivity index is 1.53. The topological polar surface area (TPSA) is 96.0 Å². The molecule has 0 bridgehead atoms. The molecule has 2 heterocycles. The number of anilines is 3. The van der Waals surface area contributed by atoms with E-state index in [2.05, 4.69) is 24.7 Å². The Kier molecular flexibility index (Phi) is 5.88. The summed E-state index contributed by atoms with van der Waals surface area (Å²) in [5.41, 5.74) is 4.93. The monoisotopic (exact) mass is 441 g/mol. The molecule has 0 saturated heterocycles. The highest BCUT2D eigenvalue weighted by molar-refractivity contribution is 7.90. The lowest BCUT2D eigenvalue weighted by molar-refractivity contribution is 0.593. The number of nitrogens with zero attached hydrogens (tertiary/aromatic N) is 2. The molecule has 0 amide bonds. The van der Waals surface area contributed by atoms with E-state index in [0.29, 0.717) is 18.0 Å². The molecule has 4 rings (SSSR count). The molecule has 1 aromatic carbocycles. The molecule has 9 heteroatoms. The van der Waals surface area contributed by atoms with Gasteiger partial charge in [0.2, 0.25) is 0 Å². The molecule has 1 fully saturated rings. The highest BCUT2D eigenvalue weighted by Gasteiger charge is 2.24. The summed E-state index contributed by atoms with van der Waals surface area (Å²) in [6.45, 7) is 1.95. The van der Waals surface area contributed by atoms with Crippen LogP contribution in [0.4, 0.5) is 21.6 Å². The molecule has 7 nitrogen and oxygen atoms in total.